The lowest BCUT2D eigenvalue weighted by Gasteiger charge is -2.38. The van der Waals surface area contributed by atoms with Crippen molar-refractivity contribution in [3.05, 3.63) is 60.0 Å². The molecule has 1 saturated carbocycles. The van der Waals surface area contributed by atoms with Crippen molar-refractivity contribution >= 4 is 17.6 Å². The molecule has 2 amide bonds. The number of piperidine rings is 1. The number of hydrogen-bond acceptors (Lipinski definition) is 7. The van der Waals surface area contributed by atoms with E-state index >= 15 is 0 Å². The second kappa shape index (κ2) is 10.4. The van der Waals surface area contributed by atoms with Crippen LogP contribution >= 0.6 is 0 Å². The van der Waals surface area contributed by atoms with Crippen molar-refractivity contribution in [1.82, 2.24) is 19.7 Å². The molecule has 2 fully saturated rings. The van der Waals surface area contributed by atoms with Crippen LogP contribution in [0, 0.1) is 17.2 Å². The monoisotopic (exact) mass is 536 g/mol. The van der Waals surface area contributed by atoms with Gasteiger partial charge in [-0.3, -0.25) is 14.3 Å². The van der Waals surface area contributed by atoms with E-state index in [9.17, 15) is 23.6 Å². The summed E-state index contributed by atoms with van der Waals surface area (Å²) >= 11 is 0. The SMILES string of the molecule is Cn1cc([C@H]2C[C@@H]2C(=O)Nc2cc(-c3ccc(OC4CCN(C(=O)CO)CC4(F)F)c(C#N)c3)ccn2)cn1. The summed E-state index contributed by atoms with van der Waals surface area (Å²) in [6, 6.07) is 10.0. The van der Waals surface area contributed by atoms with Gasteiger partial charge in [-0.2, -0.15) is 10.4 Å². The number of nitrogens with one attached hydrogen (secondary N) is 1. The molecule has 1 aromatic carbocycles. The van der Waals surface area contributed by atoms with Crippen molar-refractivity contribution in [3.63, 3.8) is 0 Å². The van der Waals surface area contributed by atoms with Crippen LogP contribution in [0.1, 0.15) is 29.9 Å². The molecule has 39 heavy (non-hydrogen) atoms. The zero-order chi connectivity index (χ0) is 27.7. The molecule has 3 aromatic rings. The molecule has 1 aliphatic heterocycles. The molecule has 0 spiro atoms. The number of alkyl halides is 2. The maximum absolute atomic E-state index is 14.7. The molecule has 1 unspecified atom stereocenters. The van der Waals surface area contributed by atoms with Crippen LogP contribution in [0.2, 0.25) is 0 Å². The Morgan fingerprint density at radius 3 is 2.77 bits per heavy atom. The highest BCUT2D eigenvalue weighted by Gasteiger charge is 2.48. The topological polar surface area (TPSA) is 133 Å². The first-order valence-corrected chi connectivity index (χ1v) is 12.4. The summed E-state index contributed by atoms with van der Waals surface area (Å²) < 4.78 is 36.6. The van der Waals surface area contributed by atoms with Crippen LogP contribution in [0.25, 0.3) is 11.1 Å². The van der Waals surface area contributed by atoms with Gasteiger partial charge in [0.05, 0.1) is 18.3 Å². The molecule has 1 saturated heterocycles. The van der Waals surface area contributed by atoms with Crippen molar-refractivity contribution in [2.75, 3.05) is 25.0 Å². The molecule has 2 aromatic heterocycles. The lowest BCUT2D eigenvalue weighted by atomic mass is 10.0. The van der Waals surface area contributed by atoms with Crippen LogP contribution in [-0.2, 0) is 16.6 Å². The zero-order valence-corrected chi connectivity index (χ0v) is 21.1. The van der Waals surface area contributed by atoms with Gasteiger partial charge in [-0.15, -0.1) is 0 Å². The minimum Gasteiger partial charge on any atom is -0.483 e. The third-order valence-corrected chi connectivity index (χ3v) is 7.02. The Morgan fingerprint density at radius 1 is 1.28 bits per heavy atom. The first kappa shape index (κ1) is 26.2. The van der Waals surface area contributed by atoms with Crippen LogP contribution in [0.4, 0.5) is 14.6 Å². The quantitative estimate of drug-likeness (QED) is 0.474. The van der Waals surface area contributed by atoms with Crippen molar-refractivity contribution in [3.8, 4) is 22.9 Å². The number of amides is 2. The molecule has 10 nitrogen and oxygen atoms in total. The van der Waals surface area contributed by atoms with E-state index in [0.717, 1.165) is 16.9 Å². The number of ether oxygens (including phenoxy) is 1. The van der Waals surface area contributed by atoms with Crippen LogP contribution in [0.5, 0.6) is 5.75 Å². The Morgan fingerprint density at radius 2 is 2.08 bits per heavy atom. The van der Waals surface area contributed by atoms with Gasteiger partial charge in [0, 0.05) is 38.3 Å². The minimum absolute atomic E-state index is 0.00520. The summed E-state index contributed by atoms with van der Waals surface area (Å²) in [5.74, 6) is -3.93. The van der Waals surface area contributed by atoms with E-state index in [4.69, 9.17) is 9.84 Å². The molecule has 3 heterocycles. The van der Waals surface area contributed by atoms with E-state index in [1.807, 2.05) is 19.3 Å². The van der Waals surface area contributed by atoms with Gasteiger partial charge >= 0.3 is 5.92 Å². The molecule has 202 valence electrons. The van der Waals surface area contributed by atoms with E-state index in [2.05, 4.69) is 15.4 Å². The van der Waals surface area contributed by atoms with Gasteiger partial charge in [0.2, 0.25) is 11.8 Å². The number of nitriles is 1. The fraction of sp³-hybridized carbons (Fsp3) is 0.370. The Hall–Kier alpha value is -4.37. The number of pyridine rings is 1. The van der Waals surface area contributed by atoms with Crippen LogP contribution in [0.3, 0.4) is 0 Å². The highest BCUT2D eigenvalue weighted by molar-refractivity contribution is 5.95. The first-order chi connectivity index (χ1) is 18.7. The number of carbonyl (C=O) groups is 2. The Bertz CT molecular complexity index is 1450. The van der Waals surface area contributed by atoms with Crippen LogP contribution in [-0.4, -0.2) is 68.3 Å². The maximum atomic E-state index is 14.7. The van der Waals surface area contributed by atoms with E-state index in [1.54, 1.807) is 29.1 Å². The third-order valence-electron chi connectivity index (χ3n) is 7.02. The third kappa shape index (κ3) is 5.58. The molecule has 3 atom stereocenters. The molecule has 0 bridgehead atoms. The number of aromatic nitrogens is 3. The number of rotatable bonds is 7. The number of hydrogen-bond donors (Lipinski definition) is 2. The Balaban J connectivity index is 1.27. The second-order valence-corrected chi connectivity index (χ2v) is 9.77. The van der Waals surface area contributed by atoms with Crippen LogP contribution < -0.4 is 10.1 Å². The Labute approximate surface area is 222 Å². The largest absolute Gasteiger partial charge is 0.483 e. The number of anilines is 1. The number of benzene rings is 1. The molecular formula is C27H26F2N6O4. The standard InChI is InChI=1S/C27H26F2N6O4/c1-34-13-19(12-32-34)20-10-21(20)26(38)33-24-9-17(4-6-31-24)16-2-3-22(18(8-16)11-30)39-23-5-7-35(25(37)14-36)15-27(23,28)29/h2-4,6,8-9,12-13,20-21,23,36H,5,7,10,14-15H2,1H3,(H,31,33,38)/t20-,21+,23?/m1/s1. The summed E-state index contributed by atoms with van der Waals surface area (Å²) in [6.07, 6.45) is 4.26. The predicted octanol–water partition coefficient (Wildman–Crippen LogP) is 2.70. The van der Waals surface area contributed by atoms with Gasteiger partial charge < -0.3 is 20.1 Å². The van der Waals surface area contributed by atoms with Gasteiger partial charge in [0.15, 0.2) is 6.10 Å². The van der Waals surface area contributed by atoms with Crippen molar-refractivity contribution in [2.24, 2.45) is 13.0 Å². The normalized spacial score (nSPS) is 21.6. The zero-order valence-electron chi connectivity index (χ0n) is 21.1. The molecule has 2 aliphatic rings. The van der Waals surface area contributed by atoms with E-state index < -0.39 is 31.1 Å². The summed E-state index contributed by atoms with van der Waals surface area (Å²) in [5.41, 5.74) is 2.38. The first-order valence-electron chi connectivity index (χ1n) is 12.4. The lowest BCUT2D eigenvalue weighted by molar-refractivity contribution is -0.161. The minimum atomic E-state index is -3.36. The molecule has 12 heteroatoms. The van der Waals surface area contributed by atoms with E-state index in [1.165, 1.54) is 18.3 Å². The molecule has 5 rings (SSSR count). The van der Waals surface area contributed by atoms with Crippen molar-refractivity contribution < 1.29 is 28.2 Å². The number of likely N-dealkylation sites (tertiary alicyclic amines) is 1. The number of aryl methyl sites for hydroxylation is 1. The summed E-state index contributed by atoms with van der Waals surface area (Å²) in [4.78, 5) is 29.5. The van der Waals surface area contributed by atoms with Gasteiger partial charge in [0.25, 0.3) is 0 Å². The molecular weight excluding hydrogens is 510 g/mol. The summed E-state index contributed by atoms with van der Waals surface area (Å²) in [7, 11) is 1.83. The van der Waals surface area contributed by atoms with Crippen molar-refractivity contribution in [1.29, 1.82) is 5.26 Å². The highest BCUT2D eigenvalue weighted by atomic mass is 19.3. The maximum Gasteiger partial charge on any atom is 0.301 e. The lowest BCUT2D eigenvalue weighted by Crippen LogP contribution is -2.55. The predicted molar refractivity (Wildman–Crippen MR) is 135 cm³/mol. The number of aliphatic hydroxyl groups excluding tert-OH is 1. The van der Waals surface area contributed by atoms with Gasteiger partial charge in [-0.1, -0.05) is 6.07 Å². The number of nitrogens with zero attached hydrogens (tertiary/aromatic N) is 5. The molecule has 2 N–H and O–H groups in total. The van der Waals surface area contributed by atoms with Gasteiger partial charge in [0.1, 0.15) is 24.2 Å². The fourth-order valence-electron chi connectivity index (χ4n) is 4.81. The smallest absolute Gasteiger partial charge is 0.301 e. The average molecular weight is 537 g/mol. The van der Waals surface area contributed by atoms with Gasteiger partial charge in [-0.05, 0) is 53.3 Å². The Kier molecular flexibility index (Phi) is 7.01. The number of carbonyl (C=O) groups excluding carboxylic acids is 2. The highest BCUT2D eigenvalue weighted by Crippen LogP contribution is 2.47. The molecule has 0 radical (unpaired) electrons. The average Bonchev–Trinajstić information content (AvgIpc) is 3.62. The summed E-state index contributed by atoms with van der Waals surface area (Å²) in [6.45, 7) is -1.70. The fourth-order valence-corrected chi connectivity index (χ4v) is 4.81. The number of aliphatic hydroxyl groups is 1. The summed E-state index contributed by atoms with van der Waals surface area (Å²) in [5, 5.41) is 25.6. The van der Waals surface area contributed by atoms with E-state index in [0.29, 0.717) is 16.9 Å². The molecule has 1 aliphatic carbocycles. The van der Waals surface area contributed by atoms with Crippen LogP contribution in [0.15, 0.2) is 48.9 Å². The second-order valence-electron chi connectivity index (χ2n) is 9.77. The number of halogens is 2. The van der Waals surface area contributed by atoms with E-state index in [-0.39, 0.29) is 42.0 Å². The van der Waals surface area contributed by atoms with Gasteiger partial charge in [-0.25, -0.2) is 13.8 Å². The van der Waals surface area contributed by atoms with Crippen molar-refractivity contribution in [2.45, 2.75) is 30.8 Å².